The third kappa shape index (κ3) is 2.65. The zero-order valence-corrected chi connectivity index (χ0v) is 14.5. The molecule has 0 saturated carbocycles. The SMILES string of the molecule is CCC(N)(CC)CN1c2ccccc2C(=O)N(C)c2cccnc21. The highest BCUT2D eigenvalue weighted by Gasteiger charge is 2.33. The molecule has 2 aromatic rings. The Kier molecular flexibility index (Phi) is 4.28. The van der Waals surface area contributed by atoms with Crippen molar-refractivity contribution in [2.45, 2.75) is 32.2 Å². The average molecular weight is 324 g/mol. The largest absolute Gasteiger partial charge is 0.324 e. The van der Waals surface area contributed by atoms with Gasteiger partial charge in [-0.2, -0.15) is 0 Å². The van der Waals surface area contributed by atoms with Crippen molar-refractivity contribution in [3.05, 3.63) is 48.2 Å². The fourth-order valence-electron chi connectivity index (χ4n) is 3.10. The van der Waals surface area contributed by atoms with E-state index in [-0.39, 0.29) is 11.4 Å². The number of fused-ring (bicyclic) bond motifs is 2. The summed E-state index contributed by atoms with van der Waals surface area (Å²) in [7, 11) is 1.79. The van der Waals surface area contributed by atoms with Crippen LogP contribution in [0.2, 0.25) is 0 Å². The highest BCUT2D eigenvalue weighted by atomic mass is 16.2. The van der Waals surface area contributed by atoms with Crippen LogP contribution in [-0.2, 0) is 0 Å². The fraction of sp³-hybridized carbons (Fsp3) is 0.368. The van der Waals surface area contributed by atoms with Crippen LogP contribution in [0.3, 0.4) is 0 Å². The molecule has 126 valence electrons. The van der Waals surface area contributed by atoms with E-state index in [1.165, 1.54) is 0 Å². The van der Waals surface area contributed by atoms with Gasteiger partial charge in [0.25, 0.3) is 5.91 Å². The molecule has 0 radical (unpaired) electrons. The van der Waals surface area contributed by atoms with E-state index in [9.17, 15) is 4.79 Å². The molecule has 0 fully saturated rings. The van der Waals surface area contributed by atoms with Gasteiger partial charge >= 0.3 is 0 Å². The number of carbonyl (C=O) groups is 1. The molecule has 1 amide bonds. The van der Waals surface area contributed by atoms with Crippen LogP contribution in [-0.4, -0.2) is 30.0 Å². The summed E-state index contributed by atoms with van der Waals surface area (Å²) < 4.78 is 0. The number of pyridine rings is 1. The van der Waals surface area contributed by atoms with E-state index in [0.717, 1.165) is 30.0 Å². The van der Waals surface area contributed by atoms with Crippen LogP contribution < -0.4 is 15.5 Å². The smallest absolute Gasteiger partial charge is 0.260 e. The van der Waals surface area contributed by atoms with E-state index in [0.29, 0.717) is 12.1 Å². The summed E-state index contributed by atoms with van der Waals surface area (Å²) in [4.78, 5) is 21.2. The number of aromatic nitrogens is 1. The van der Waals surface area contributed by atoms with Crippen molar-refractivity contribution in [1.29, 1.82) is 0 Å². The Morgan fingerprint density at radius 1 is 1.08 bits per heavy atom. The molecule has 0 saturated heterocycles. The number of nitrogens with two attached hydrogens (primary N) is 1. The van der Waals surface area contributed by atoms with Crippen molar-refractivity contribution >= 4 is 23.1 Å². The van der Waals surface area contributed by atoms with Crippen LogP contribution in [0.5, 0.6) is 0 Å². The minimum Gasteiger partial charge on any atom is -0.324 e. The maximum atomic E-state index is 12.9. The minimum atomic E-state index is -0.339. The summed E-state index contributed by atoms with van der Waals surface area (Å²) in [5.74, 6) is 0.744. The second-order valence-electron chi connectivity index (χ2n) is 6.38. The Balaban J connectivity index is 2.21. The van der Waals surface area contributed by atoms with Crippen LogP contribution in [0, 0.1) is 0 Å². The first kappa shape index (κ1) is 16.5. The highest BCUT2D eigenvalue weighted by molar-refractivity contribution is 6.13. The normalized spacial score (nSPS) is 14.2. The van der Waals surface area contributed by atoms with Gasteiger partial charge < -0.3 is 15.5 Å². The van der Waals surface area contributed by atoms with E-state index in [1.54, 1.807) is 18.1 Å². The first-order valence-electron chi connectivity index (χ1n) is 8.39. The lowest BCUT2D eigenvalue weighted by atomic mass is 9.93. The molecule has 24 heavy (non-hydrogen) atoms. The third-order valence-corrected chi connectivity index (χ3v) is 4.99. The Bertz CT molecular complexity index is 755. The van der Waals surface area contributed by atoms with Gasteiger partial charge in [0.2, 0.25) is 0 Å². The van der Waals surface area contributed by atoms with Crippen LogP contribution in [0.1, 0.15) is 37.0 Å². The number of hydrogen-bond donors (Lipinski definition) is 1. The molecule has 1 aromatic heterocycles. The summed E-state index contributed by atoms with van der Waals surface area (Å²) in [6.45, 7) is 4.82. The summed E-state index contributed by atoms with van der Waals surface area (Å²) in [6.07, 6.45) is 3.47. The number of hydrogen-bond acceptors (Lipinski definition) is 4. The summed E-state index contributed by atoms with van der Waals surface area (Å²) in [6, 6.07) is 11.5. The lowest BCUT2D eigenvalue weighted by molar-refractivity contribution is 0.0994. The zero-order chi connectivity index (χ0) is 17.3. The summed E-state index contributed by atoms with van der Waals surface area (Å²) in [5, 5.41) is 0. The van der Waals surface area contributed by atoms with Crippen molar-refractivity contribution in [3.8, 4) is 0 Å². The second kappa shape index (κ2) is 6.24. The molecule has 0 aliphatic carbocycles. The molecule has 0 bridgehead atoms. The maximum absolute atomic E-state index is 12.9. The van der Waals surface area contributed by atoms with Gasteiger partial charge in [-0.3, -0.25) is 4.79 Å². The number of carbonyl (C=O) groups excluding carboxylic acids is 1. The molecular weight excluding hydrogens is 300 g/mol. The molecule has 3 rings (SSSR count). The maximum Gasteiger partial charge on any atom is 0.260 e. The lowest BCUT2D eigenvalue weighted by Gasteiger charge is -2.35. The van der Waals surface area contributed by atoms with Gasteiger partial charge in [0.15, 0.2) is 5.82 Å². The monoisotopic (exact) mass is 324 g/mol. The average Bonchev–Trinajstić information content (AvgIpc) is 2.72. The van der Waals surface area contributed by atoms with Gasteiger partial charge in [-0.05, 0) is 37.1 Å². The topological polar surface area (TPSA) is 62.5 Å². The predicted molar refractivity (Wildman–Crippen MR) is 97.9 cm³/mol. The molecule has 0 spiro atoms. The minimum absolute atomic E-state index is 0.0297. The van der Waals surface area contributed by atoms with Crippen molar-refractivity contribution < 1.29 is 4.79 Å². The quantitative estimate of drug-likeness (QED) is 0.937. The van der Waals surface area contributed by atoms with E-state index in [1.807, 2.05) is 36.4 Å². The summed E-state index contributed by atoms with van der Waals surface area (Å²) >= 11 is 0. The van der Waals surface area contributed by atoms with Crippen LogP contribution in [0.25, 0.3) is 0 Å². The molecule has 1 aliphatic rings. The van der Waals surface area contributed by atoms with Gasteiger partial charge in [0.1, 0.15) is 0 Å². The molecular formula is C19H24N4O. The standard InChI is InChI=1S/C19H24N4O/c1-4-19(20,5-2)13-23-15-10-7-6-9-14(15)18(24)22(3)16-11-8-12-21-17(16)23/h6-12H,4-5,13,20H2,1-3H3. The van der Waals surface area contributed by atoms with E-state index in [4.69, 9.17) is 5.73 Å². The fourth-order valence-corrected chi connectivity index (χ4v) is 3.10. The number of nitrogens with zero attached hydrogens (tertiary/aromatic N) is 3. The van der Waals surface area contributed by atoms with E-state index >= 15 is 0 Å². The third-order valence-electron chi connectivity index (χ3n) is 4.99. The van der Waals surface area contributed by atoms with Crippen LogP contribution in [0.4, 0.5) is 17.2 Å². The van der Waals surface area contributed by atoms with Crippen molar-refractivity contribution in [3.63, 3.8) is 0 Å². The number of anilines is 3. The Morgan fingerprint density at radius 3 is 2.46 bits per heavy atom. The van der Waals surface area contributed by atoms with Crippen molar-refractivity contribution in [1.82, 2.24) is 4.98 Å². The first-order valence-corrected chi connectivity index (χ1v) is 8.39. The van der Waals surface area contributed by atoms with E-state index in [2.05, 4.69) is 23.7 Å². The number of para-hydroxylation sites is 1. The Morgan fingerprint density at radius 2 is 1.75 bits per heavy atom. The Labute approximate surface area is 143 Å². The van der Waals surface area contributed by atoms with Crippen LogP contribution >= 0.6 is 0 Å². The Hall–Kier alpha value is -2.40. The molecule has 0 atom stereocenters. The summed E-state index contributed by atoms with van der Waals surface area (Å²) in [5.41, 5.74) is 8.59. The van der Waals surface area contributed by atoms with E-state index < -0.39 is 0 Å². The van der Waals surface area contributed by atoms with Gasteiger partial charge in [-0.25, -0.2) is 4.98 Å². The first-order chi connectivity index (χ1) is 11.5. The number of benzene rings is 1. The van der Waals surface area contributed by atoms with Gasteiger partial charge in [-0.15, -0.1) is 0 Å². The molecule has 2 heterocycles. The molecule has 0 unspecified atom stereocenters. The number of rotatable bonds is 4. The predicted octanol–water partition coefficient (Wildman–Crippen LogP) is 3.33. The molecule has 2 N–H and O–H groups in total. The molecule has 5 nitrogen and oxygen atoms in total. The highest BCUT2D eigenvalue weighted by Crippen LogP contribution is 2.39. The van der Waals surface area contributed by atoms with Crippen LogP contribution in [0.15, 0.2) is 42.6 Å². The van der Waals surface area contributed by atoms with Gasteiger partial charge in [0, 0.05) is 25.3 Å². The molecule has 5 heteroatoms. The lowest BCUT2D eigenvalue weighted by Crippen LogP contribution is -2.48. The second-order valence-corrected chi connectivity index (χ2v) is 6.38. The number of amides is 1. The van der Waals surface area contributed by atoms with Crippen molar-refractivity contribution in [2.24, 2.45) is 5.73 Å². The molecule has 1 aromatic carbocycles. The van der Waals surface area contributed by atoms with Crippen molar-refractivity contribution in [2.75, 3.05) is 23.4 Å². The van der Waals surface area contributed by atoms with Gasteiger partial charge in [0.05, 0.1) is 16.9 Å². The zero-order valence-electron chi connectivity index (χ0n) is 14.5. The van der Waals surface area contributed by atoms with Gasteiger partial charge in [-0.1, -0.05) is 26.0 Å². The molecule has 1 aliphatic heterocycles.